The number of hydrogen-bond acceptors (Lipinski definition) is 6. The van der Waals surface area contributed by atoms with Crippen LogP contribution in [-0.4, -0.2) is 24.4 Å². The second-order valence-corrected chi connectivity index (χ2v) is 7.52. The van der Waals surface area contributed by atoms with Crippen molar-refractivity contribution in [2.45, 2.75) is 45.8 Å². The molecule has 0 saturated carbocycles. The topological polar surface area (TPSA) is 82.8 Å². The Morgan fingerprint density at radius 1 is 0.964 bits per heavy atom. The highest BCUT2D eigenvalue weighted by atomic mass is 16.6. The maximum absolute atomic E-state index is 12.7. The second-order valence-electron chi connectivity index (χ2n) is 7.52. The fourth-order valence-corrected chi connectivity index (χ4v) is 2.58. The van der Waals surface area contributed by atoms with Gasteiger partial charge in [-0.2, -0.15) is 0 Å². The lowest BCUT2D eigenvalue weighted by Crippen LogP contribution is -2.49. The molecule has 6 nitrogen and oxygen atoms in total. The molecule has 0 radical (unpaired) electrons. The van der Waals surface area contributed by atoms with Gasteiger partial charge in [-0.25, -0.2) is 5.43 Å². The highest BCUT2D eigenvalue weighted by Crippen LogP contribution is 2.17. The minimum atomic E-state index is -0.745. The standard InChI is InChI=1S/C22H30N2O4/c1-22(2,3)28-21(25)19(16-26-14-17-10-6-4-7-11-17)20(24-23)27-15-18-12-8-5-9-13-18/h4-13,19-20,24H,14-16,23H2,1-3H3. The molecule has 0 spiro atoms. The maximum atomic E-state index is 12.7. The van der Waals surface area contributed by atoms with Gasteiger partial charge in [0.05, 0.1) is 19.8 Å². The summed E-state index contributed by atoms with van der Waals surface area (Å²) in [5.41, 5.74) is 3.97. The van der Waals surface area contributed by atoms with Crippen LogP contribution in [0.2, 0.25) is 0 Å². The fraction of sp³-hybridized carbons (Fsp3) is 0.409. The molecule has 152 valence electrons. The lowest BCUT2D eigenvalue weighted by Gasteiger charge is -2.28. The highest BCUT2D eigenvalue weighted by Gasteiger charge is 2.33. The van der Waals surface area contributed by atoms with Gasteiger partial charge >= 0.3 is 5.97 Å². The van der Waals surface area contributed by atoms with Crippen LogP contribution < -0.4 is 11.3 Å². The third kappa shape index (κ3) is 7.78. The number of esters is 1. The normalized spacial score (nSPS) is 13.7. The maximum Gasteiger partial charge on any atom is 0.315 e. The van der Waals surface area contributed by atoms with E-state index in [0.29, 0.717) is 13.2 Å². The first-order chi connectivity index (χ1) is 13.4. The van der Waals surface area contributed by atoms with Crippen molar-refractivity contribution >= 4 is 5.97 Å². The Bertz CT molecular complexity index is 701. The first kappa shape index (κ1) is 22.0. The van der Waals surface area contributed by atoms with Crippen molar-refractivity contribution in [3.8, 4) is 0 Å². The van der Waals surface area contributed by atoms with E-state index in [0.717, 1.165) is 11.1 Å². The number of benzene rings is 2. The van der Waals surface area contributed by atoms with Crippen LogP contribution >= 0.6 is 0 Å². The first-order valence-corrected chi connectivity index (χ1v) is 9.35. The molecule has 0 fully saturated rings. The molecule has 2 aromatic carbocycles. The molecule has 0 aliphatic heterocycles. The number of carbonyl (C=O) groups is 1. The van der Waals surface area contributed by atoms with Gasteiger partial charge in [0, 0.05) is 0 Å². The van der Waals surface area contributed by atoms with E-state index in [2.05, 4.69) is 5.43 Å². The van der Waals surface area contributed by atoms with Crippen molar-refractivity contribution < 1.29 is 19.0 Å². The van der Waals surface area contributed by atoms with Gasteiger partial charge in [-0.3, -0.25) is 10.6 Å². The molecule has 2 aromatic rings. The van der Waals surface area contributed by atoms with E-state index in [1.54, 1.807) is 0 Å². The van der Waals surface area contributed by atoms with Gasteiger partial charge < -0.3 is 14.2 Å². The summed E-state index contributed by atoms with van der Waals surface area (Å²) in [7, 11) is 0. The molecule has 2 rings (SSSR count). The summed E-state index contributed by atoms with van der Waals surface area (Å²) < 4.78 is 17.2. The number of nitrogens with two attached hydrogens (primary N) is 1. The van der Waals surface area contributed by atoms with Gasteiger partial charge in [0.1, 0.15) is 17.7 Å². The third-order valence-electron chi connectivity index (χ3n) is 3.92. The van der Waals surface area contributed by atoms with Crippen LogP contribution in [-0.2, 0) is 32.2 Å². The third-order valence-corrected chi connectivity index (χ3v) is 3.92. The van der Waals surface area contributed by atoms with Gasteiger partial charge in [0.2, 0.25) is 0 Å². The molecule has 0 amide bonds. The number of hydrogen-bond donors (Lipinski definition) is 2. The first-order valence-electron chi connectivity index (χ1n) is 9.35. The van der Waals surface area contributed by atoms with Gasteiger partial charge in [-0.15, -0.1) is 0 Å². The molecule has 2 atom stereocenters. The molecule has 6 heteroatoms. The van der Waals surface area contributed by atoms with E-state index >= 15 is 0 Å². The van der Waals surface area contributed by atoms with Crippen LogP contribution in [0.1, 0.15) is 31.9 Å². The zero-order valence-electron chi connectivity index (χ0n) is 16.8. The SMILES string of the molecule is CC(C)(C)OC(=O)C(COCc1ccccc1)C(NN)OCc1ccccc1. The minimum absolute atomic E-state index is 0.119. The van der Waals surface area contributed by atoms with E-state index in [4.69, 9.17) is 20.1 Å². The van der Waals surface area contributed by atoms with E-state index in [1.807, 2.05) is 81.4 Å². The van der Waals surface area contributed by atoms with E-state index in [9.17, 15) is 4.79 Å². The Kier molecular flexibility index (Phi) is 8.60. The number of rotatable bonds is 10. The molecule has 28 heavy (non-hydrogen) atoms. The van der Waals surface area contributed by atoms with Crippen LogP contribution in [0.4, 0.5) is 0 Å². The van der Waals surface area contributed by atoms with Crippen molar-refractivity contribution in [2.24, 2.45) is 11.8 Å². The molecular weight excluding hydrogens is 356 g/mol. The number of ether oxygens (including phenoxy) is 3. The molecule has 3 N–H and O–H groups in total. The summed E-state index contributed by atoms with van der Waals surface area (Å²) in [4.78, 5) is 12.7. The lowest BCUT2D eigenvalue weighted by atomic mass is 10.1. The second kappa shape index (κ2) is 10.9. The van der Waals surface area contributed by atoms with Gasteiger partial charge in [-0.1, -0.05) is 60.7 Å². The zero-order valence-corrected chi connectivity index (χ0v) is 16.8. The smallest absolute Gasteiger partial charge is 0.315 e. The Morgan fingerprint density at radius 3 is 2.00 bits per heavy atom. The average Bonchev–Trinajstić information content (AvgIpc) is 2.67. The number of nitrogens with one attached hydrogen (secondary N) is 1. The van der Waals surface area contributed by atoms with Gasteiger partial charge in [0.15, 0.2) is 0 Å². The largest absolute Gasteiger partial charge is 0.460 e. The van der Waals surface area contributed by atoms with Crippen LogP contribution in [0.25, 0.3) is 0 Å². The molecule has 0 saturated heterocycles. The van der Waals surface area contributed by atoms with Gasteiger partial charge in [-0.05, 0) is 31.9 Å². The summed E-state index contributed by atoms with van der Waals surface area (Å²) in [6.45, 7) is 6.28. The van der Waals surface area contributed by atoms with Crippen LogP contribution in [0.3, 0.4) is 0 Å². The quantitative estimate of drug-likeness (QED) is 0.282. The summed E-state index contributed by atoms with van der Waals surface area (Å²) in [5.74, 6) is 4.55. The molecule has 0 aliphatic rings. The predicted molar refractivity (Wildman–Crippen MR) is 108 cm³/mol. The molecule has 0 aliphatic carbocycles. The van der Waals surface area contributed by atoms with Crippen molar-refractivity contribution in [3.63, 3.8) is 0 Å². The Morgan fingerprint density at radius 2 is 1.50 bits per heavy atom. The molecule has 2 unspecified atom stereocenters. The van der Waals surface area contributed by atoms with Crippen LogP contribution in [0.15, 0.2) is 60.7 Å². The van der Waals surface area contributed by atoms with Crippen molar-refractivity contribution in [1.29, 1.82) is 0 Å². The Hall–Kier alpha value is -2.25. The van der Waals surface area contributed by atoms with E-state index in [-0.39, 0.29) is 6.61 Å². The van der Waals surface area contributed by atoms with Gasteiger partial charge in [0.25, 0.3) is 0 Å². The van der Waals surface area contributed by atoms with Crippen molar-refractivity contribution in [1.82, 2.24) is 5.43 Å². The lowest BCUT2D eigenvalue weighted by molar-refractivity contribution is -0.171. The number of carbonyl (C=O) groups excluding carboxylic acids is 1. The van der Waals surface area contributed by atoms with Crippen LogP contribution in [0, 0.1) is 5.92 Å². The van der Waals surface area contributed by atoms with E-state index < -0.39 is 23.7 Å². The summed E-state index contributed by atoms with van der Waals surface area (Å²) in [6, 6.07) is 19.4. The summed E-state index contributed by atoms with van der Waals surface area (Å²) in [5, 5.41) is 0. The Balaban J connectivity index is 2.02. The van der Waals surface area contributed by atoms with Crippen molar-refractivity contribution in [2.75, 3.05) is 6.61 Å². The molecule has 0 bridgehead atoms. The fourth-order valence-electron chi connectivity index (χ4n) is 2.58. The summed E-state index contributed by atoms with van der Waals surface area (Å²) in [6.07, 6.45) is -0.745. The monoisotopic (exact) mass is 386 g/mol. The predicted octanol–water partition coefficient (Wildman–Crippen LogP) is 3.17. The summed E-state index contributed by atoms with van der Waals surface area (Å²) >= 11 is 0. The zero-order chi connectivity index (χ0) is 20.4. The highest BCUT2D eigenvalue weighted by molar-refractivity contribution is 5.73. The number of hydrazine groups is 1. The average molecular weight is 386 g/mol. The van der Waals surface area contributed by atoms with Crippen LogP contribution in [0.5, 0.6) is 0 Å². The van der Waals surface area contributed by atoms with Crippen molar-refractivity contribution in [3.05, 3.63) is 71.8 Å². The minimum Gasteiger partial charge on any atom is -0.460 e. The Labute approximate surface area is 166 Å². The van der Waals surface area contributed by atoms with E-state index in [1.165, 1.54) is 0 Å². The molecular formula is C22H30N2O4. The molecule has 0 aromatic heterocycles. The molecule has 0 heterocycles.